The van der Waals surface area contributed by atoms with Gasteiger partial charge in [0.2, 0.25) is 0 Å². The quantitative estimate of drug-likeness (QED) is 0.713. The number of ether oxygens (including phenoxy) is 1. The minimum Gasteiger partial charge on any atom is -0.376 e. The lowest BCUT2D eigenvalue weighted by molar-refractivity contribution is 0.115. The number of hydrogen-bond acceptors (Lipinski definition) is 5. The minimum atomic E-state index is 0.294. The van der Waals surface area contributed by atoms with Crippen molar-refractivity contribution in [2.24, 2.45) is 0 Å². The van der Waals surface area contributed by atoms with Gasteiger partial charge in [0.1, 0.15) is 17.0 Å². The summed E-state index contributed by atoms with van der Waals surface area (Å²) in [5.41, 5.74) is 1.28. The van der Waals surface area contributed by atoms with Crippen molar-refractivity contribution in [2.75, 3.05) is 18.1 Å². The van der Waals surface area contributed by atoms with E-state index in [2.05, 4.69) is 56.6 Å². The fourth-order valence-electron chi connectivity index (χ4n) is 3.09. The zero-order chi connectivity index (χ0) is 15.5. The third-order valence-corrected chi connectivity index (χ3v) is 5.03. The second-order valence-electron chi connectivity index (χ2n) is 5.84. The molecule has 1 saturated heterocycles. The number of anilines is 1. The smallest absolute Gasteiger partial charge is 0.141 e. The van der Waals surface area contributed by atoms with Gasteiger partial charge in [0.15, 0.2) is 0 Å². The van der Waals surface area contributed by atoms with Crippen molar-refractivity contribution >= 4 is 27.4 Å². The topological polar surface area (TPSA) is 38.2 Å². The van der Waals surface area contributed by atoms with Crippen LogP contribution in [-0.4, -0.2) is 29.2 Å². The number of benzene rings is 1. The van der Waals surface area contributed by atoms with E-state index in [1.807, 2.05) is 0 Å². The van der Waals surface area contributed by atoms with Crippen LogP contribution in [0, 0.1) is 0 Å². The molecule has 5 heteroatoms. The van der Waals surface area contributed by atoms with E-state index < -0.39 is 0 Å². The lowest BCUT2D eigenvalue weighted by Gasteiger charge is -2.27. The summed E-state index contributed by atoms with van der Waals surface area (Å²) >= 11 is 1.66. The number of fused-ring (bicyclic) bond motifs is 1. The highest BCUT2D eigenvalue weighted by Gasteiger charge is 2.22. The van der Waals surface area contributed by atoms with E-state index in [9.17, 15) is 0 Å². The van der Waals surface area contributed by atoms with Gasteiger partial charge in [-0.25, -0.2) is 9.97 Å². The Morgan fingerprint density at radius 2 is 2.09 bits per heavy atom. The predicted octanol–water partition coefficient (Wildman–Crippen LogP) is 3.88. The van der Waals surface area contributed by atoms with Gasteiger partial charge in [-0.15, -0.1) is 11.3 Å². The van der Waals surface area contributed by atoms with Gasteiger partial charge in [0, 0.05) is 19.7 Å². The summed E-state index contributed by atoms with van der Waals surface area (Å²) in [6.45, 7) is 2.58. The van der Waals surface area contributed by atoms with Crippen LogP contribution >= 0.6 is 11.3 Å². The SMILES string of the molecule is c1ccc(CN(C[C@H]2CCCO2)c2ncnc3sccc23)cc1. The Morgan fingerprint density at radius 3 is 2.91 bits per heavy atom. The Kier molecular flexibility index (Phi) is 4.22. The van der Waals surface area contributed by atoms with Crippen LogP contribution < -0.4 is 4.90 Å². The minimum absolute atomic E-state index is 0.294. The van der Waals surface area contributed by atoms with Crippen molar-refractivity contribution < 1.29 is 4.74 Å². The Hall–Kier alpha value is -1.98. The molecular formula is C18H19N3OS. The lowest BCUT2D eigenvalue weighted by atomic mass is 10.1. The van der Waals surface area contributed by atoms with E-state index in [0.717, 1.165) is 48.6 Å². The molecule has 0 bridgehead atoms. The summed E-state index contributed by atoms with van der Waals surface area (Å²) < 4.78 is 5.85. The molecule has 2 aromatic heterocycles. The molecule has 0 amide bonds. The van der Waals surface area contributed by atoms with Crippen LogP contribution in [0.1, 0.15) is 18.4 Å². The summed E-state index contributed by atoms with van der Waals surface area (Å²) in [5.74, 6) is 1.01. The van der Waals surface area contributed by atoms with Crippen molar-refractivity contribution in [1.82, 2.24) is 9.97 Å². The standard InChI is InChI=1S/C18H19N3OS/c1-2-5-14(6-3-1)11-21(12-15-7-4-9-22-15)17-16-8-10-23-18(16)20-13-19-17/h1-3,5-6,8,10,13,15H,4,7,9,11-12H2/t15-/m1/s1. The van der Waals surface area contributed by atoms with E-state index in [4.69, 9.17) is 4.74 Å². The van der Waals surface area contributed by atoms with Crippen molar-refractivity contribution in [3.8, 4) is 0 Å². The molecule has 0 unspecified atom stereocenters. The van der Waals surface area contributed by atoms with Gasteiger partial charge >= 0.3 is 0 Å². The van der Waals surface area contributed by atoms with Gasteiger partial charge in [-0.1, -0.05) is 30.3 Å². The monoisotopic (exact) mass is 325 g/mol. The zero-order valence-electron chi connectivity index (χ0n) is 12.9. The van der Waals surface area contributed by atoms with Crippen LogP contribution in [0.5, 0.6) is 0 Å². The van der Waals surface area contributed by atoms with Crippen molar-refractivity contribution in [3.05, 3.63) is 53.7 Å². The van der Waals surface area contributed by atoms with Gasteiger partial charge in [-0.2, -0.15) is 0 Å². The molecule has 0 N–H and O–H groups in total. The number of rotatable bonds is 5. The third-order valence-electron chi connectivity index (χ3n) is 4.20. The Labute approximate surface area is 139 Å². The highest BCUT2D eigenvalue weighted by molar-refractivity contribution is 7.16. The van der Waals surface area contributed by atoms with Gasteiger partial charge in [0.05, 0.1) is 11.5 Å². The number of aromatic nitrogens is 2. The molecular weight excluding hydrogens is 306 g/mol. The molecule has 1 aromatic carbocycles. The maximum Gasteiger partial charge on any atom is 0.141 e. The molecule has 0 saturated carbocycles. The molecule has 23 heavy (non-hydrogen) atoms. The van der Waals surface area contributed by atoms with Crippen LogP contribution in [0.2, 0.25) is 0 Å². The summed E-state index contributed by atoms with van der Waals surface area (Å²) in [4.78, 5) is 12.3. The molecule has 4 rings (SSSR count). The number of hydrogen-bond donors (Lipinski definition) is 0. The molecule has 1 aliphatic heterocycles. The third kappa shape index (κ3) is 3.21. The maximum atomic E-state index is 5.85. The molecule has 0 radical (unpaired) electrons. The average molecular weight is 325 g/mol. The van der Waals surface area contributed by atoms with Gasteiger partial charge in [-0.3, -0.25) is 0 Å². The van der Waals surface area contributed by atoms with Gasteiger partial charge < -0.3 is 9.64 Å². The zero-order valence-corrected chi connectivity index (χ0v) is 13.7. The van der Waals surface area contributed by atoms with Crippen LogP contribution in [0.4, 0.5) is 5.82 Å². The van der Waals surface area contributed by atoms with Gasteiger partial charge in [-0.05, 0) is 29.9 Å². The maximum absolute atomic E-state index is 5.85. The van der Waals surface area contributed by atoms with E-state index in [0.29, 0.717) is 6.10 Å². The molecule has 3 heterocycles. The first-order valence-electron chi connectivity index (χ1n) is 7.99. The van der Waals surface area contributed by atoms with Crippen LogP contribution in [0.3, 0.4) is 0 Å². The largest absolute Gasteiger partial charge is 0.376 e. The molecule has 0 aliphatic carbocycles. The normalized spacial score (nSPS) is 17.7. The highest BCUT2D eigenvalue weighted by Crippen LogP contribution is 2.29. The summed E-state index contributed by atoms with van der Waals surface area (Å²) in [6.07, 6.45) is 4.24. The van der Waals surface area contributed by atoms with E-state index in [1.165, 1.54) is 5.56 Å². The molecule has 118 valence electrons. The summed E-state index contributed by atoms with van der Waals surface area (Å²) in [5, 5.41) is 3.21. The second-order valence-corrected chi connectivity index (χ2v) is 6.73. The lowest BCUT2D eigenvalue weighted by Crippen LogP contribution is -2.32. The number of nitrogens with zero attached hydrogens (tertiary/aromatic N) is 3. The molecule has 3 aromatic rings. The van der Waals surface area contributed by atoms with Gasteiger partial charge in [0.25, 0.3) is 0 Å². The summed E-state index contributed by atoms with van der Waals surface area (Å²) in [6, 6.07) is 12.7. The predicted molar refractivity (Wildman–Crippen MR) is 93.9 cm³/mol. The molecule has 4 nitrogen and oxygen atoms in total. The van der Waals surface area contributed by atoms with Crippen LogP contribution in [0.25, 0.3) is 10.2 Å². The first kappa shape index (κ1) is 14.6. The first-order chi connectivity index (χ1) is 11.4. The van der Waals surface area contributed by atoms with Crippen LogP contribution in [-0.2, 0) is 11.3 Å². The van der Waals surface area contributed by atoms with E-state index in [1.54, 1.807) is 17.7 Å². The second kappa shape index (κ2) is 6.64. The van der Waals surface area contributed by atoms with E-state index >= 15 is 0 Å². The Morgan fingerprint density at radius 1 is 1.17 bits per heavy atom. The molecule has 0 spiro atoms. The van der Waals surface area contributed by atoms with Crippen molar-refractivity contribution in [2.45, 2.75) is 25.5 Å². The molecule has 1 atom stereocenters. The average Bonchev–Trinajstić information content (AvgIpc) is 3.26. The van der Waals surface area contributed by atoms with Crippen molar-refractivity contribution in [3.63, 3.8) is 0 Å². The first-order valence-corrected chi connectivity index (χ1v) is 8.87. The Balaban J connectivity index is 1.67. The summed E-state index contributed by atoms with van der Waals surface area (Å²) in [7, 11) is 0. The molecule has 1 fully saturated rings. The fourth-order valence-corrected chi connectivity index (χ4v) is 3.82. The Bertz CT molecular complexity index is 768. The molecule has 1 aliphatic rings. The fraction of sp³-hybridized carbons (Fsp3) is 0.333. The number of thiophene rings is 1. The highest BCUT2D eigenvalue weighted by atomic mass is 32.1. The van der Waals surface area contributed by atoms with E-state index in [-0.39, 0.29) is 0 Å². The van der Waals surface area contributed by atoms with Crippen molar-refractivity contribution in [1.29, 1.82) is 0 Å². The van der Waals surface area contributed by atoms with Crippen LogP contribution in [0.15, 0.2) is 48.1 Å².